The first-order valence-electron chi connectivity index (χ1n) is 8.66. The molecule has 1 unspecified atom stereocenters. The molecule has 1 saturated heterocycles. The Bertz CT molecular complexity index is 231. The first kappa shape index (κ1) is 15.3. The van der Waals surface area contributed by atoms with Gasteiger partial charge in [0.2, 0.25) is 0 Å². The van der Waals surface area contributed by atoms with Crippen LogP contribution in [0.25, 0.3) is 0 Å². The van der Waals surface area contributed by atoms with Crippen molar-refractivity contribution in [2.24, 2.45) is 5.41 Å². The summed E-state index contributed by atoms with van der Waals surface area (Å²) in [5.41, 5.74) is 0.478. The van der Waals surface area contributed by atoms with Gasteiger partial charge in [-0.3, -0.25) is 0 Å². The lowest BCUT2D eigenvalue weighted by Gasteiger charge is -2.28. The van der Waals surface area contributed by atoms with Crippen LogP contribution in [-0.2, 0) is 4.74 Å². The lowest BCUT2D eigenvalue weighted by Crippen LogP contribution is -2.36. The molecule has 0 amide bonds. The van der Waals surface area contributed by atoms with E-state index in [1.165, 1.54) is 77.2 Å². The molecule has 19 heavy (non-hydrogen) atoms. The van der Waals surface area contributed by atoms with Gasteiger partial charge in [-0.2, -0.15) is 0 Å². The summed E-state index contributed by atoms with van der Waals surface area (Å²) >= 11 is 0. The van der Waals surface area contributed by atoms with Crippen LogP contribution in [0.15, 0.2) is 0 Å². The van der Waals surface area contributed by atoms with Crippen molar-refractivity contribution in [3.05, 3.63) is 0 Å². The number of unbranched alkanes of at least 4 members (excludes halogenated alkanes) is 6. The molecule has 2 aliphatic rings. The zero-order valence-electron chi connectivity index (χ0n) is 12.9. The van der Waals surface area contributed by atoms with Gasteiger partial charge in [0.05, 0.1) is 6.61 Å². The van der Waals surface area contributed by atoms with E-state index in [2.05, 4.69) is 12.2 Å². The Kier molecular flexibility index (Phi) is 6.66. The summed E-state index contributed by atoms with van der Waals surface area (Å²) in [6.45, 7) is 5.48. The minimum Gasteiger partial charge on any atom is -0.381 e. The molecule has 1 atom stereocenters. The van der Waals surface area contributed by atoms with Crippen LogP contribution >= 0.6 is 0 Å². The summed E-state index contributed by atoms with van der Waals surface area (Å²) < 4.78 is 5.68. The molecular formula is C17H33NO. The van der Waals surface area contributed by atoms with E-state index in [9.17, 15) is 0 Å². The monoisotopic (exact) mass is 267 g/mol. The third kappa shape index (κ3) is 5.83. The fourth-order valence-electron chi connectivity index (χ4n) is 3.18. The lowest BCUT2D eigenvalue weighted by atomic mass is 9.81. The maximum atomic E-state index is 5.68. The van der Waals surface area contributed by atoms with E-state index in [1.54, 1.807) is 0 Å². The van der Waals surface area contributed by atoms with Gasteiger partial charge in [0.15, 0.2) is 0 Å². The quantitative estimate of drug-likeness (QED) is 0.564. The summed E-state index contributed by atoms with van der Waals surface area (Å²) in [7, 11) is 0. The maximum absolute atomic E-state index is 5.68. The molecule has 0 bridgehead atoms. The molecule has 1 heterocycles. The predicted octanol–water partition coefficient (Wildman–Crippen LogP) is 4.29. The minimum atomic E-state index is 0.478. The van der Waals surface area contributed by atoms with Crippen molar-refractivity contribution in [2.45, 2.75) is 83.6 Å². The first-order chi connectivity index (χ1) is 9.35. The Labute approximate surface area is 119 Å². The first-order valence-corrected chi connectivity index (χ1v) is 8.66. The molecule has 0 aromatic heterocycles. The van der Waals surface area contributed by atoms with E-state index in [4.69, 9.17) is 4.74 Å². The van der Waals surface area contributed by atoms with Gasteiger partial charge in [0.25, 0.3) is 0 Å². The zero-order chi connectivity index (χ0) is 13.4. The van der Waals surface area contributed by atoms with Crippen LogP contribution in [-0.4, -0.2) is 25.8 Å². The van der Waals surface area contributed by atoms with Crippen LogP contribution in [0, 0.1) is 5.41 Å². The Morgan fingerprint density at radius 1 is 1.05 bits per heavy atom. The van der Waals surface area contributed by atoms with Crippen LogP contribution in [0.4, 0.5) is 0 Å². The summed E-state index contributed by atoms with van der Waals surface area (Å²) in [6.07, 6.45) is 15.4. The standard InChI is InChI=1S/C17H33NO/c1-2-3-4-5-6-7-8-11-17(12-13-19-15-17)14-18-16-9-10-16/h16,18H,2-15H2,1H3. The van der Waals surface area contributed by atoms with Gasteiger partial charge >= 0.3 is 0 Å². The fourth-order valence-corrected chi connectivity index (χ4v) is 3.18. The second-order valence-electron chi connectivity index (χ2n) is 6.83. The Hall–Kier alpha value is -0.0800. The van der Waals surface area contributed by atoms with Crippen molar-refractivity contribution < 1.29 is 4.74 Å². The van der Waals surface area contributed by atoms with Crippen molar-refractivity contribution in [1.82, 2.24) is 5.32 Å². The molecule has 0 aromatic rings. The molecular weight excluding hydrogens is 234 g/mol. The number of nitrogens with one attached hydrogen (secondary N) is 1. The average Bonchev–Trinajstić information content (AvgIpc) is 3.15. The number of hydrogen-bond acceptors (Lipinski definition) is 2. The van der Waals surface area contributed by atoms with Gasteiger partial charge in [-0.25, -0.2) is 0 Å². The molecule has 2 nitrogen and oxygen atoms in total. The highest BCUT2D eigenvalue weighted by Crippen LogP contribution is 2.35. The van der Waals surface area contributed by atoms with E-state index in [1.807, 2.05) is 0 Å². The second-order valence-corrected chi connectivity index (χ2v) is 6.83. The maximum Gasteiger partial charge on any atom is 0.0535 e. The van der Waals surface area contributed by atoms with Gasteiger partial charge in [-0.1, -0.05) is 51.9 Å². The average molecular weight is 267 g/mol. The van der Waals surface area contributed by atoms with E-state index < -0.39 is 0 Å². The Balaban J connectivity index is 1.54. The van der Waals surface area contributed by atoms with Crippen molar-refractivity contribution in [3.8, 4) is 0 Å². The smallest absolute Gasteiger partial charge is 0.0535 e. The second kappa shape index (κ2) is 8.26. The molecule has 1 saturated carbocycles. The van der Waals surface area contributed by atoms with Crippen LogP contribution in [0.1, 0.15) is 77.6 Å². The Morgan fingerprint density at radius 2 is 1.79 bits per heavy atom. The molecule has 1 N–H and O–H groups in total. The van der Waals surface area contributed by atoms with Gasteiger partial charge in [0.1, 0.15) is 0 Å². The highest BCUT2D eigenvalue weighted by Gasteiger charge is 2.35. The van der Waals surface area contributed by atoms with Crippen molar-refractivity contribution in [2.75, 3.05) is 19.8 Å². The van der Waals surface area contributed by atoms with Crippen LogP contribution in [0.5, 0.6) is 0 Å². The van der Waals surface area contributed by atoms with E-state index in [-0.39, 0.29) is 0 Å². The molecule has 0 radical (unpaired) electrons. The number of rotatable bonds is 11. The molecule has 112 valence electrons. The SMILES string of the molecule is CCCCCCCCCC1(CNC2CC2)CCOC1. The van der Waals surface area contributed by atoms with Crippen molar-refractivity contribution in [1.29, 1.82) is 0 Å². The number of hydrogen-bond donors (Lipinski definition) is 1. The molecule has 2 fully saturated rings. The van der Waals surface area contributed by atoms with Crippen LogP contribution < -0.4 is 5.32 Å². The molecule has 1 aliphatic carbocycles. The molecule has 2 rings (SSSR count). The van der Waals surface area contributed by atoms with Crippen LogP contribution in [0.2, 0.25) is 0 Å². The largest absolute Gasteiger partial charge is 0.381 e. The van der Waals surface area contributed by atoms with Gasteiger partial charge in [-0.15, -0.1) is 0 Å². The molecule has 2 heteroatoms. The van der Waals surface area contributed by atoms with Gasteiger partial charge in [0, 0.05) is 24.6 Å². The van der Waals surface area contributed by atoms with E-state index in [0.29, 0.717) is 5.41 Å². The van der Waals surface area contributed by atoms with Gasteiger partial charge < -0.3 is 10.1 Å². The Morgan fingerprint density at radius 3 is 2.42 bits per heavy atom. The molecule has 0 spiro atoms. The van der Waals surface area contributed by atoms with E-state index >= 15 is 0 Å². The lowest BCUT2D eigenvalue weighted by molar-refractivity contribution is 0.141. The minimum absolute atomic E-state index is 0.478. The third-order valence-corrected chi connectivity index (χ3v) is 4.84. The van der Waals surface area contributed by atoms with Crippen LogP contribution in [0.3, 0.4) is 0 Å². The van der Waals surface area contributed by atoms with Gasteiger partial charge in [-0.05, 0) is 25.7 Å². The summed E-state index contributed by atoms with van der Waals surface area (Å²) in [4.78, 5) is 0. The van der Waals surface area contributed by atoms with Crippen molar-refractivity contribution >= 4 is 0 Å². The highest BCUT2D eigenvalue weighted by molar-refractivity contribution is 4.89. The third-order valence-electron chi connectivity index (χ3n) is 4.84. The summed E-state index contributed by atoms with van der Waals surface area (Å²) in [5.74, 6) is 0. The summed E-state index contributed by atoms with van der Waals surface area (Å²) in [5, 5.41) is 3.73. The van der Waals surface area contributed by atoms with E-state index in [0.717, 1.165) is 19.3 Å². The topological polar surface area (TPSA) is 21.3 Å². The molecule has 1 aliphatic heterocycles. The summed E-state index contributed by atoms with van der Waals surface area (Å²) in [6, 6.07) is 0.839. The molecule has 0 aromatic carbocycles. The normalized spacial score (nSPS) is 27.0. The zero-order valence-corrected chi connectivity index (χ0v) is 12.9. The number of ether oxygens (including phenoxy) is 1. The predicted molar refractivity (Wildman–Crippen MR) is 81.5 cm³/mol. The van der Waals surface area contributed by atoms with Crippen molar-refractivity contribution in [3.63, 3.8) is 0 Å². The fraction of sp³-hybridized carbons (Fsp3) is 1.00. The highest BCUT2D eigenvalue weighted by atomic mass is 16.5.